The fraction of sp³-hybridized carbons (Fsp3) is 0.500. The van der Waals surface area contributed by atoms with E-state index >= 15 is 0 Å². The van der Waals surface area contributed by atoms with Crippen LogP contribution in [0.5, 0.6) is 0 Å². The van der Waals surface area contributed by atoms with Crippen molar-refractivity contribution in [3.8, 4) is 0 Å². The van der Waals surface area contributed by atoms with Gasteiger partial charge in [0.25, 0.3) is 0 Å². The quantitative estimate of drug-likeness (QED) is 0.789. The average Bonchev–Trinajstić information content (AvgIpc) is 3.00. The molecule has 1 aromatic carbocycles. The van der Waals surface area contributed by atoms with Gasteiger partial charge in [-0.25, -0.2) is 4.68 Å². The summed E-state index contributed by atoms with van der Waals surface area (Å²) in [4.78, 5) is 12.3. The topological polar surface area (TPSA) is 72.7 Å². The van der Waals surface area contributed by atoms with Gasteiger partial charge in [0, 0.05) is 0 Å². The summed E-state index contributed by atoms with van der Waals surface area (Å²) >= 11 is 1.35. The molecule has 0 aliphatic carbocycles. The minimum atomic E-state index is -0.0177. The number of thioether (sulfide) groups is 1. The fourth-order valence-corrected chi connectivity index (χ4v) is 3.06. The number of benzene rings is 1. The molecule has 0 fully saturated rings. The zero-order valence-electron chi connectivity index (χ0n) is 13.9. The highest BCUT2D eigenvalue weighted by atomic mass is 32.2. The molecule has 1 aromatic heterocycles. The van der Waals surface area contributed by atoms with E-state index in [0.717, 1.165) is 5.56 Å². The van der Waals surface area contributed by atoms with Crippen LogP contribution in [0.1, 0.15) is 45.3 Å². The molecule has 23 heavy (non-hydrogen) atoms. The molecule has 1 unspecified atom stereocenters. The molecule has 0 saturated heterocycles. The molecule has 0 bridgehead atoms. The number of hydrogen-bond donors (Lipinski definition) is 1. The monoisotopic (exact) mass is 333 g/mol. The van der Waals surface area contributed by atoms with Crippen LogP contribution in [0.25, 0.3) is 0 Å². The number of hydrogen-bond acceptors (Lipinski definition) is 5. The Hall–Kier alpha value is -1.89. The van der Waals surface area contributed by atoms with Crippen LogP contribution in [0, 0.1) is 5.92 Å². The fourth-order valence-electron chi connectivity index (χ4n) is 2.25. The first kappa shape index (κ1) is 17.5. The predicted octanol–water partition coefficient (Wildman–Crippen LogP) is 2.86. The second-order valence-electron chi connectivity index (χ2n) is 5.99. The highest BCUT2D eigenvalue weighted by molar-refractivity contribution is 7.99. The van der Waals surface area contributed by atoms with Gasteiger partial charge in [-0.05, 0) is 35.8 Å². The molecule has 124 valence electrons. The van der Waals surface area contributed by atoms with E-state index in [4.69, 9.17) is 0 Å². The number of tetrazole rings is 1. The second kappa shape index (κ2) is 8.10. The third kappa shape index (κ3) is 4.79. The number of amides is 1. The van der Waals surface area contributed by atoms with E-state index in [0.29, 0.717) is 16.8 Å². The van der Waals surface area contributed by atoms with Gasteiger partial charge < -0.3 is 5.32 Å². The Morgan fingerprint density at radius 3 is 2.52 bits per heavy atom. The first-order valence-electron chi connectivity index (χ1n) is 7.74. The lowest BCUT2D eigenvalue weighted by Gasteiger charge is -2.22. The molecule has 1 N–H and O–H groups in total. The lowest BCUT2D eigenvalue weighted by atomic mass is 9.96. The van der Waals surface area contributed by atoms with Gasteiger partial charge in [0.15, 0.2) is 0 Å². The first-order valence-corrected chi connectivity index (χ1v) is 8.72. The first-order chi connectivity index (χ1) is 11.0. The van der Waals surface area contributed by atoms with Crippen molar-refractivity contribution in [1.29, 1.82) is 0 Å². The highest BCUT2D eigenvalue weighted by Gasteiger charge is 2.19. The van der Waals surface area contributed by atoms with E-state index in [2.05, 4.69) is 34.7 Å². The summed E-state index contributed by atoms with van der Waals surface area (Å²) < 4.78 is 1.72. The molecule has 6 nitrogen and oxygen atoms in total. The summed E-state index contributed by atoms with van der Waals surface area (Å²) in [5.41, 5.74) is 1.12. The summed E-state index contributed by atoms with van der Waals surface area (Å²) in [5.74, 6) is 0.589. The predicted molar refractivity (Wildman–Crippen MR) is 91.1 cm³/mol. The Morgan fingerprint density at radius 2 is 1.91 bits per heavy atom. The maximum absolute atomic E-state index is 12.3. The van der Waals surface area contributed by atoms with Gasteiger partial charge in [-0.15, -0.1) is 5.10 Å². The van der Waals surface area contributed by atoms with Crippen LogP contribution in [0.4, 0.5) is 0 Å². The third-order valence-electron chi connectivity index (χ3n) is 3.43. The molecule has 0 aliphatic heterocycles. The minimum absolute atomic E-state index is 0.00499. The molecule has 0 spiro atoms. The number of nitrogens with zero attached hydrogens (tertiary/aromatic N) is 4. The number of carbonyl (C=O) groups excluding carboxylic acids is 1. The van der Waals surface area contributed by atoms with Gasteiger partial charge in [0.2, 0.25) is 11.1 Å². The van der Waals surface area contributed by atoms with Gasteiger partial charge in [-0.2, -0.15) is 0 Å². The van der Waals surface area contributed by atoms with Crippen molar-refractivity contribution in [2.75, 3.05) is 5.75 Å². The van der Waals surface area contributed by atoms with Crippen molar-refractivity contribution in [1.82, 2.24) is 25.5 Å². The molecule has 2 rings (SSSR count). The number of nitrogens with one attached hydrogen (secondary N) is 1. The third-order valence-corrected chi connectivity index (χ3v) is 4.36. The molecule has 0 saturated carbocycles. The van der Waals surface area contributed by atoms with Crippen molar-refractivity contribution < 1.29 is 4.79 Å². The van der Waals surface area contributed by atoms with E-state index in [1.54, 1.807) is 4.68 Å². The Morgan fingerprint density at radius 1 is 1.22 bits per heavy atom. The highest BCUT2D eigenvalue weighted by Crippen LogP contribution is 2.22. The molecule has 0 aliphatic rings. The standard InChI is InChI=1S/C16H23N5OS/c1-11(2)15(13-8-6-5-7-9-13)17-14(22)10-23-16-18-19-20-21(16)12(3)4/h5-9,11-12,15H,10H2,1-4H3,(H,17,22). The van der Waals surface area contributed by atoms with Crippen LogP contribution in [0.15, 0.2) is 35.5 Å². The normalized spacial score (nSPS) is 12.6. The summed E-state index contributed by atoms with van der Waals surface area (Å²) in [6.07, 6.45) is 0. The molecule has 7 heteroatoms. The zero-order chi connectivity index (χ0) is 16.8. The maximum atomic E-state index is 12.3. The van der Waals surface area contributed by atoms with Crippen molar-refractivity contribution in [3.63, 3.8) is 0 Å². The number of rotatable bonds is 7. The molecular formula is C16H23N5OS. The van der Waals surface area contributed by atoms with E-state index in [1.807, 2.05) is 44.2 Å². The summed E-state index contributed by atoms with van der Waals surface area (Å²) in [7, 11) is 0. The molecule has 1 atom stereocenters. The van der Waals surface area contributed by atoms with Gasteiger partial charge >= 0.3 is 0 Å². The van der Waals surface area contributed by atoms with Gasteiger partial charge in [-0.3, -0.25) is 4.79 Å². The molecule has 1 heterocycles. The zero-order valence-corrected chi connectivity index (χ0v) is 14.7. The van der Waals surface area contributed by atoms with E-state index in [-0.39, 0.29) is 18.0 Å². The Labute approximate surface area is 141 Å². The second-order valence-corrected chi connectivity index (χ2v) is 6.93. The van der Waals surface area contributed by atoms with Gasteiger partial charge in [-0.1, -0.05) is 55.9 Å². The Kier molecular flexibility index (Phi) is 6.15. The average molecular weight is 333 g/mol. The van der Waals surface area contributed by atoms with Crippen molar-refractivity contribution >= 4 is 17.7 Å². The number of carbonyl (C=O) groups is 1. The van der Waals surface area contributed by atoms with E-state index in [1.165, 1.54) is 11.8 Å². The van der Waals surface area contributed by atoms with Crippen molar-refractivity contribution in [2.24, 2.45) is 5.92 Å². The molecule has 0 radical (unpaired) electrons. The van der Waals surface area contributed by atoms with E-state index < -0.39 is 0 Å². The summed E-state index contributed by atoms with van der Waals surface area (Å²) in [6, 6.07) is 10.2. The summed E-state index contributed by atoms with van der Waals surface area (Å²) in [5, 5.41) is 15.3. The van der Waals surface area contributed by atoms with Gasteiger partial charge in [0.1, 0.15) is 0 Å². The van der Waals surface area contributed by atoms with Crippen molar-refractivity contribution in [2.45, 2.75) is 44.9 Å². The molecule has 1 amide bonds. The van der Waals surface area contributed by atoms with Crippen LogP contribution in [-0.4, -0.2) is 31.9 Å². The van der Waals surface area contributed by atoms with Crippen LogP contribution in [0.2, 0.25) is 0 Å². The smallest absolute Gasteiger partial charge is 0.230 e. The Balaban J connectivity index is 1.96. The van der Waals surface area contributed by atoms with Crippen LogP contribution >= 0.6 is 11.8 Å². The Bertz CT molecular complexity index is 626. The minimum Gasteiger partial charge on any atom is -0.348 e. The van der Waals surface area contributed by atoms with E-state index in [9.17, 15) is 4.79 Å². The maximum Gasteiger partial charge on any atom is 0.230 e. The largest absolute Gasteiger partial charge is 0.348 e. The molecular weight excluding hydrogens is 310 g/mol. The lowest BCUT2D eigenvalue weighted by molar-refractivity contribution is -0.119. The van der Waals surface area contributed by atoms with Crippen LogP contribution in [0.3, 0.4) is 0 Å². The molecule has 2 aromatic rings. The summed E-state index contributed by atoms with van der Waals surface area (Å²) in [6.45, 7) is 8.21. The van der Waals surface area contributed by atoms with Crippen LogP contribution in [-0.2, 0) is 4.79 Å². The lowest BCUT2D eigenvalue weighted by Crippen LogP contribution is -2.33. The number of aromatic nitrogens is 4. The van der Waals surface area contributed by atoms with Crippen LogP contribution < -0.4 is 5.32 Å². The SMILES string of the molecule is CC(C)C(NC(=O)CSc1nnnn1C(C)C)c1ccccc1. The van der Waals surface area contributed by atoms with Gasteiger partial charge in [0.05, 0.1) is 17.8 Å². The van der Waals surface area contributed by atoms with Crippen molar-refractivity contribution in [3.05, 3.63) is 35.9 Å².